The van der Waals surface area contributed by atoms with Crippen LogP contribution in [0.1, 0.15) is 5.69 Å². The van der Waals surface area contributed by atoms with Gasteiger partial charge in [-0.25, -0.2) is 15.0 Å². The summed E-state index contributed by atoms with van der Waals surface area (Å²) in [5.74, 6) is 0.425. The lowest BCUT2D eigenvalue weighted by Gasteiger charge is -2.05. The molecule has 0 saturated carbocycles. The van der Waals surface area contributed by atoms with E-state index in [9.17, 15) is 4.79 Å². The zero-order valence-corrected chi connectivity index (χ0v) is 16.4. The van der Waals surface area contributed by atoms with Crippen LogP contribution in [0.15, 0.2) is 79.4 Å². The van der Waals surface area contributed by atoms with Crippen molar-refractivity contribution >= 4 is 46.0 Å². The number of fused-ring (bicyclic) bond motifs is 2. The van der Waals surface area contributed by atoms with Crippen LogP contribution in [-0.4, -0.2) is 29.8 Å². The first-order chi connectivity index (χ1) is 14.7. The van der Waals surface area contributed by atoms with Crippen LogP contribution in [0.5, 0.6) is 0 Å². The van der Waals surface area contributed by atoms with Crippen molar-refractivity contribution in [1.29, 1.82) is 0 Å². The first kappa shape index (κ1) is 18.1. The van der Waals surface area contributed by atoms with Gasteiger partial charge in [0.1, 0.15) is 17.8 Å². The number of halogens is 1. The Morgan fingerprint density at radius 1 is 1.03 bits per heavy atom. The first-order valence-corrected chi connectivity index (χ1v) is 9.57. The molecule has 0 radical (unpaired) electrons. The van der Waals surface area contributed by atoms with Crippen LogP contribution < -0.4 is 5.32 Å². The summed E-state index contributed by atoms with van der Waals surface area (Å²) in [5.41, 5.74) is 3.81. The average Bonchev–Trinajstić information content (AvgIpc) is 3.33. The Kier molecular flexibility index (Phi) is 4.49. The maximum atomic E-state index is 12.3. The van der Waals surface area contributed by atoms with Crippen molar-refractivity contribution < 1.29 is 4.79 Å². The number of nitrogens with one attached hydrogen (secondary N) is 1. The average molecular weight is 415 g/mol. The van der Waals surface area contributed by atoms with Crippen LogP contribution in [-0.2, 0) is 4.79 Å². The molecule has 0 spiro atoms. The van der Waals surface area contributed by atoms with E-state index >= 15 is 0 Å². The van der Waals surface area contributed by atoms with E-state index in [1.165, 1.54) is 6.08 Å². The van der Waals surface area contributed by atoms with E-state index in [0.717, 1.165) is 22.5 Å². The smallest absolute Gasteiger partial charge is 0.248 e. The molecule has 4 aromatic heterocycles. The largest absolute Gasteiger partial charge is 0.321 e. The van der Waals surface area contributed by atoms with Gasteiger partial charge in [-0.3, -0.25) is 13.8 Å². The molecule has 1 aromatic carbocycles. The van der Waals surface area contributed by atoms with Crippen LogP contribution >= 0.6 is 11.6 Å². The van der Waals surface area contributed by atoms with Crippen LogP contribution in [0.4, 0.5) is 5.69 Å². The van der Waals surface area contributed by atoms with E-state index in [0.29, 0.717) is 16.5 Å². The Hall–Kier alpha value is -3.97. The van der Waals surface area contributed by atoms with Crippen molar-refractivity contribution in [3.63, 3.8) is 0 Å². The zero-order valence-electron chi connectivity index (χ0n) is 15.6. The van der Waals surface area contributed by atoms with Gasteiger partial charge in [0.25, 0.3) is 0 Å². The van der Waals surface area contributed by atoms with Gasteiger partial charge < -0.3 is 5.32 Å². The van der Waals surface area contributed by atoms with Crippen molar-refractivity contribution in [3.05, 3.63) is 90.2 Å². The van der Waals surface area contributed by atoms with Crippen molar-refractivity contribution in [1.82, 2.24) is 23.9 Å². The SMILES string of the molecule is O=C(/C=C/c1c(Cl)nc2ccccn12)Nc1ccc(-n2cnc3ccccc32)nc1. The van der Waals surface area contributed by atoms with Gasteiger partial charge in [-0.05, 0) is 42.5 Å². The summed E-state index contributed by atoms with van der Waals surface area (Å²) >= 11 is 6.19. The number of amides is 1. The third kappa shape index (κ3) is 3.31. The highest BCUT2D eigenvalue weighted by molar-refractivity contribution is 6.31. The lowest BCUT2D eigenvalue weighted by atomic mass is 10.3. The molecule has 5 aromatic rings. The molecule has 30 heavy (non-hydrogen) atoms. The van der Waals surface area contributed by atoms with Crippen molar-refractivity contribution in [2.75, 3.05) is 5.32 Å². The summed E-state index contributed by atoms with van der Waals surface area (Å²) in [5, 5.41) is 3.13. The molecule has 0 fully saturated rings. The maximum absolute atomic E-state index is 12.3. The summed E-state index contributed by atoms with van der Waals surface area (Å²) in [7, 11) is 0. The van der Waals surface area contributed by atoms with Gasteiger partial charge in [0.15, 0.2) is 5.15 Å². The molecule has 0 aliphatic rings. The topological polar surface area (TPSA) is 77.1 Å². The normalized spacial score (nSPS) is 11.5. The summed E-state index contributed by atoms with van der Waals surface area (Å²) in [6.07, 6.45) is 8.23. The van der Waals surface area contributed by atoms with Gasteiger partial charge in [0, 0.05) is 12.3 Å². The number of benzene rings is 1. The van der Waals surface area contributed by atoms with Gasteiger partial charge in [0.2, 0.25) is 5.91 Å². The highest BCUT2D eigenvalue weighted by Gasteiger charge is 2.08. The van der Waals surface area contributed by atoms with Gasteiger partial charge in [-0.2, -0.15) is 0 Å². The zero-order chi connectivity index (χ0) is 20.5. The van der Waals surface area contributed by atoms with Crippen molar-refractivity contribution in [2.45, 2.75) is 0 Å². The van der Waals surface area contributed by atoms with Crippen LogP contribution in [0.2, 0.25) is 5.15 Å². The number of hydrogen-bond donors (Lipinski definition) is 1. The minimum absolute atomic E-state index is 0.292. The Bertz CT molecular complexity index is 1400. The lowest BCUT2D eigenvalue weighted by molar-refractivity contribution is -0.111. The molecule has 7 nitrogen and oxygen atoms in total. The molecule has 0 saturated heterocycles. The summed E-state index contributed by atoms with van der Waals surface area (Å²) in [4.78, 5) is 25.4. The molecule has 5 rings (SSSR count). The van der Waals surface area contributed by atoms with E-state index in [1.807, 2.05) is 63.7 Å². The number of para-hydroxylation sites is 2. The monoisotopic (exact) mass is 414 g/mol. The minimum Gasteiger partial charge on any atom is -0.321 e. The van der Waals surface area contributed by atoms with E-state index in [2.05, 4.69) is 20.3 Å². The van der Waals surface area contributed by atoms with E-state index in [4.69, 9.17) is 11.6 Å². The molecular formula is C22H15ClN6O. The molecule has 0 aliphatic carbocycles. The molecule has 4 heterocycles. The number of pyridine rings is 2. The molecule has 0 bridgehead atoms. The summed E-state index contributed by atoms with van der Waals surface area (Å²) < 4.78 is 3.71. The number of imidazole rings is 2. The molecule has 1 amide bonds. The van der Waals surface area contributed by atoms with Crippen molar-refractivity contribution in [2.24, 2.45) is 0 Å². The molecule has 1 N–H and O–H groups in total. The standard InChI is InChI=1S/C22H15ClN6O/c23-22-18(28-12-4-3-7-20(28)27-22)9-11-21(30)26-15-8-10-19(24-13-15)29-14-25-16-5-1-2-6-17(16)29/h1-14H,(H,26,30)/b11-9+. The molecular weight excluding hydrogens is 400 g/mol. The Balaban J connectivity index is 1.33. The highest BCUT2D eigenvalue weighted by atomic mass is 35.5. The van der Waals surface area contributed by atoms with Gasteiger partial charge in [-0.1, -0.05) is 29.8 Å². The number of nitrogens with zero attached hydrogens (tertiary/aromatic N) is 5. The van der Waals surface area contributed by atoms with Crippen LogP contribution in [0.3, 0.4) is 0 Å². The van der Waals surface area contributed by atoms with Crippen LogP contribution in [0.25, 0.3) is 28.6 Å². The summed E-state index contributed by atoms with van der Waals surface area (Å²) in [6.45, 7) is 0. The Labute approximate surface area is 176 Å². The molecule has 8 heteroatoms. The third-order valence-electron chi connectivity index (χ3n) is 4.63. The van der Waals surface area contributed by atoms with Crippen LogP contribution in [0, 0.1) is 0 Å². The number of carbonyl (C=O) groups is 1. The molecule has 0 aliphatic heterocycles. The number of hydrogen-bond acceptors (Lipinski definition) is 4. The molecule has 0 unspecified atom stereocenters. The van der Waals surface area contributed by atoms with Gasteiger partial charge >= 0.3 is 0 Å². The Morgan fingerprint density at radius 2 is 1.90 bits per heavy atom. The number of aromatic nitrogens is 5. The van der Waals surface area contributed by atoms with Gasteiger partial charge in [-0.15, -0.1) is 0 Å². The fraction of sp³-hybridized carbons (Fsp3) is 0. The second-order valence-electron chi connectivity index (χ2n) is 6.55. The summed E-state index contributed by atoms with van der Waals surface area (Å²) in [6, 6.07) is 17.1. The fourth-order valence-corrected chi connectivity index (χ4v) is 3.46. The van der Waals surface area contributed by atoms with Gasteiger partial charge in [0.05, 0.1) is 28.6 Å². The number of rotatable bonds is 4. The molecule has 146 valence electrons. The second-order valence-corrected chi connectivity index (χ2v) is 6.91. The predicted octanol–water partition coefficient (Wildman–Crippen LogP) is 4.37. The first-order valence-electron chi connectivity index (χ1n) is 9.19. The highest BCUT2D eigenvalue weighted by Crippen LogP contribution is 2.20. The van der Waals surface area contributed by atoms with Crippen molar-refractivity contribution in [3.8, 4) is 5.82 Å². The quantitative estimate of drug-likeness (QED) is 0.443. The Morgan fingerprint density at radius 3 is 2.77 bits per heavy atom. The van der Waals surface area contributed by atoms with E-state index in [-0.39, 0.29) is 5.91 Å². The third-order valence-corrected chi connectivity index (χ3v) is 4.91. The fourth-order valence-electron chi connectivity index (χ4n) is 3.22. The predicted molar refractivity (Wildman–Crippen MR) is 117 cm³/mol. The molecule has 0 atom stereocenters. The lowest BCUT2D eigenvalue weighted by Crippen LogP contribution is -2.08. The van der Waals surface area contributed by atoms with E-state index < -0.39 is 0 Å². The maximum Gasteiger partial charge on any atom is 0.248 e. The van der Waals surface area contributed by atoms with E-state index in [1.54, 1.807) is 24.7 Å². The number of anilines is 1. The second kappa shape index (κ2) is 7.46. The number of carbonyl (C=O) groups excluding carboxylic acids is 1. The minimum atomic E-state index is -0.292.